The predicted molar refractivity (Wildman–Crippen MR) is 84.8 cm³/mol. The van der Waals surface area contributed by atoms with Gasteiger partial charge in [-0.15, -0.1) is 0 Å². The SMILES string of the molecule is CN(CCOCC1CC1)C1(CN)CCCC(C)(C)CC1. The van der Waals surface area contributed by atoms with E-state index in [0.717, 1.165) is 32.2 Å². The molecule has 0 aromatic rings. The molecule has 1 atom stereocenters. The highest BCUT2D eigenvalue weighted by atomic mass is 16.5. The largest absolute Gasteiger partial charge is 0.380 e. The van der Waals surface area contributed by atoms with Crippen LogP contribution in [0, 0.1) is 11.3 Å². The zero-order chi connectivity index (χ0) is 14.6. The number of likely N-dealkylation sites (N-methyl/N-ethyl adjacent to an activating group) is 1. The summed E-state index contributed by atoms with van der Waals surface area (Å²) in [5.74, 6) is 0.863. The van der Waals surface area contributed by atoms with E-state index in [2.05, 4.69) is 25.8 Å². The standard InChI is InChI=1S/C17H34N2O/c1-16(2)7-4-8-17(14-18,10-9-16)19(3)11-12-20-13-15-5-6-15/h15H,4-14,18H2,1-3H3. The molecule has 20 heavy (non-hydrogen) atoms. The van der Waals surface area contributed by atoms with E-state index < -0.39 is 0 Å². The van der Waals surface area contributed by atoms with E-state index in [9.17, 15) is 0 Å². The molecule has 2 saturated carbocycles. The fraction of sp³-hybridized carbons (Fsp3) is 1.00. The van der Waals surface area contributed by atoms with Crippen LogP contribution >= 0.6 is 0 Å². The maximum Gasteiger partial charge on any atom is 0.0593 e. The van der Waals surface area contributed by atoms with Gasteiger partial charge in [0.2, 0.25) is 0 Å². The van der Waals surface area contributed by atoms with Crippen LogP contribution in [-0.2, 0) is 4.74 Å². The van der Waals surface area contributed by atoms with Gasteiger partial charge in [-0.05, 0) is 56.9 Å². The smallest absolute Gasteiger partial charge is 0.0593 e. The van der Waals surface area contributed by atoms with E-state index in [0.29, 0.717) is 5.41 Å². The Morgan fingerprint density at radius 3 is 2.55 bits per heavy atom. The van der Waals surface area contributed by atoms with E-state index in [1.165, 1.54) is 44.9 Å². The molecule has 0 aliphatic heterocycles. The van der Waals surface area contributed by atoms with Gasteiger partial charge in [0.25, 0.3) is 0 Å². The van der Waals surface area contributed by atoms with Crippen molar-refractivity contribution in [3.63, 3.8) is 0 Å². The highest BCUT2D eigenvalue weighted by Gasteiger charge is 2.37. The molecular formula is C17H34N2O. The number of ether oxygens (including phenoxy) is 1. The summed E-state index contributed by atoms with van der Waals surface area (Å²) in [7, 11) is 2.24. The van der Waals surface area contributed by atoms with Gasteiger partial charge in [0.05, 0.1) is 6.61 Å². The Hall–Kier alpha value is -0.120. The van der Waals surface area contributed by atoms with Gasteiger partial charge < -0.3 is 10.5 Å². The van der Waals surface area contributed by atoms with Crippen LogP contribution in [0.4, 0.5) is 0 Å². The number of hydrogen-bond acceptors (Lipinski definition) is 3. The molecule has 0 aromatic heterocycles. The minimum atomic E-state index is 0.205. The molecule has 3 heteroatoms. The van der Waals surface area contributed by atoms with E-state index in [1.54, 1.807) is 0 Å². The van der Waals surface area contributed by atoms with E-state index in [4.69, 9.17) is 10.5 Å². The number of nitrogens with two attached hydrogens (primary N) is 1. The Balaban J connectivity index is 1.80. The molecule has 0 heterocycles. The average molecular weight is 282 g/mol. The highest BCUT2D eigenvalue weighted by molar-refractivity contribution is 4.94. The second kappa shape index (κ2) is 6.76. The van der Waals surface area contributed by atoms with Crippen molar-refractivity contribution < 1.29 is 4.74 Å². The fourth-order valence-electron chi connectivity index (χ4n) is 3.43. The number of hydrogen-bond donors (Lipinski definition) is 1. The van der Waals surface area contributed by atoms with Crippen LogP contribution in [-0.4, -0.2) is 43.8 Å². The van der Waals surface area contributed by atoms with Crippen molar-refractivity contribution in [3.8, 4) is 0 Å². The fourth-order valence-corrected chi connectivity index (χ4v) is 3.43. The van der Waals surface area contributed by atoms with E-state index in [1.807, 2.05) is 0 Å². The van der Waals surface area contributed by atoms with Crippen molar-refractivity contribution >= 4 is 0 Å². The second-order valence-electron chi connectivity index (χ2n) is 7.89. The first-order valence-corrected chi connectivity index (χ1v) is 8.47. The lowest BCUT2D eigenvalue weighted by Crippen LogP contribution is -2.52. The van der Waals surface area contributed by atoms with E-state index >= 15 is 0 Å². The van der Waals surface area contributed by atoms with Crippen molar-refractivity contribution in [2.45, 2.75) is 64.3 Å². The first-order valence-electron chi connectivity index (χ1n) is 8.47. The summed E-state index contributed by atoms with van der Waals surface area (Å²) in [6.45, 7) is 8.43. The summed E-state index contributed by atoms with van der Waals surface area (Å²) in [5.41, 5.74) is 6.87. The lowest BCUT2D eigenvalue weighted by Gasteiger charge is -2.41. The van der Waals surface area contributed by atoms with Gasteiger partial charge in [0.1, 0.15) is 0 Å². The Kier molecular flexibility index (Phi) is 5.49. The third-order valence-electron chi connectivity index (χ3n) is 5.57. The molecule has 0 radical (unpaired) electrons. The van der Waals surface area contributed by atoms with Crippen molar-refractivity contribution in [2.24, 2.45) is 17.1 Å². The minimum Gasteiger partial charge on any atom is -0.380 e. The Morgan fingerprint density at radius 1 is 1.15 bits per heavy atom. The summed E-state index contributed by atoms with van der Waals surface area (Å²) in [6, 6.07) is 0. The molecule has 118 valence electrons. The quantitative estimate of drug-likeness (QED) is 0.576. The van der Waals surface area contributed by atoms with Crippen molar-refractivity contribution in [1.82, 2.24) is 4.90 Å². The predicted octanol–water partition coefficient (Wildman–Crippen LogP) is 3.03. The maximum absolute atomic E-state index is 6.18. The first kappa shape index (κ1) is 16.3. The van der Waals surface area contributed by atoms with Crippen LogP contribution in [0.15, 0.2) is 0 Å². The third kappa shape index (κ3) is 4.44. The van der Waals surface area contributed by atoms with Gasteiger partial charge in [-0.2, -0.15) is 0 Å². The van der Waals surface area contributed by atoms with Crippen LogP contribution in [0.2, 0.25) is 0 Å². The average Bonchev–Trinajstić information content (AvgIpc) is 3.22. The molecule has 0 aromatic carbocycles. The Labute approximate surface area is 125 Å². The molecule has 2 aliphatic carbocycles. The van der Waals surface area contributed by atoms with Crippen LogP contribution < -0.4 is 5.73 Å². The second-order valence-corrected chi connectivity index (χ2v) is 7.89. The molecule has 3 nitrogen and oxygen atoms in total. The van der Waals surface area contributed by atoms with Gasteiger partial charge in [-0.1, -0.05) is 20.3 Å². The summed E-state index contributed by atoms with van der Waals surface area (Å²) >= 11 is 0. The van der Waals surface area contributed by atoms with Crippen molar-refractivity contribution in [2.75, 3.05) is 33.4 Å². The minimum absolute atomic E-state index is 0.205. The Morgan fingerprint density at radius 2 is 1.90 bits per heavy atom. The lowest BCUT2D eigenvalue weighted by molar-refractivity contribution is 0.0497. The first-order chi connectivity index (χ1) is 9.47. The van der Waals surface area contributed by atoms with Crippen LogP contribution in [0.3, 0.4) is 0 Å². The summed E-state index contributed by atoms with van der Waals surface area (Å²) < 4.78 is 5.80. The maximum atomic E-state index is 6.18. The molecule has 0 spiro atoms. The van der Waals surface area contributed by atoms with Gasteiger partial charge in [-0.25, -0.2) is 0 Å². The summed E-state index contributed by atoms with van der Waals surface area (Å²) in [5, 5.41) is 0. The highest BCUT2D eigenvalue weighted by Crippen LogP contribution is 2.39. The third-order valence-corrected chi connectivity index (χ3v) is 5.57. The Bertz CT molecular complexity index is 301. The molecule has 0 bridgehead atoms. The lowest BCUT2D eigenvalue weighted by atomic mass is 9.83. The molecule has 0 amide bonds. The molecule has 2 N–H and O–H groups in total. The normalized spacial score (nSPS) is 30.4. The zero-order valence-electron chi connectivity index (χ0n) is 13.8. The van der Waals surface area contributed by atoms with Gasteiger partial charge in [0, 0.05) is 25.2 Å². The molecular weight excluding hydrogens is 248 g/mol. The van der Waals surface area contributed by atoms with Crippen molar-refractivity contribution in [3.05, 3.63) is 0 Å². The molecule has 2 fully saturated rings. The molecule has 1 unspecified atom stereocenters. The molecule has 2 rings (SSSR count). The molecule has 2 aliphatic rings. The van der Waals surface area contributed by atoms with Gasteiger partial charge in [-0.3, -0.25) is 4.90 Å². The van der Waals surface area contributed by atoms with Crippen LogP contribution in [0.5, 0.6) is 0 Å². The summed E-state index contributed by atoms with van der Waals surface area (Å²) in [6.07, 6.45) is 9.15. The number of rotatable bonds is 7. The van der Waals surface area contributed by atoms with Crippen LogP contribution in [0.1, 0.15) is 58.8 Å². The topological polar surface area (TPSA) is 38.5 Å². The number of nitrogens with zero attached hydrogens (tertiary/aromatic N) is 1. The van der Waals surface area contributed by atoms with Gasteiger partial charge in [0.15, 0.2) is 0 Å². The monoisotopic (exact) mass is 282 g/mol. The van der Waals surface area contributed by atoms with Gasteiger partial charge >= 0.3 is 0 Å². The van der Waals surface area contributed by atoms with Crippen molar-refractivity contribution in [1.29, 1.82) is 0 Å². The van der Waals surface area contributed by atoms with Crippen LogP contribution in [0.25, 0.3) is 0 Å². The zero-order valence-corrected chi connectivity index (χ0v) is 13.8. The molecule has 0 saturated heterocycles. The van der Waals surface area contributed by atoms with E-state index in [-0.39, 0.29) is 5.54 Å². The summed E-state index contributed by atoms with van der Waals surface area (Å²) in [4.78, 5) is 2.49.